The summed E-state index contributed by atoms with van der Waals surface area (Å²) in [6.07, 6.45) is 3.55. The van der Waals surface area contributed by atoms with Crippen molar-refractivity contribution in [3.8, 4) is 16.9 Å². The number of ether oxygens (including phenoxy) is 1. The largest absolute Gasteiger partial charge is 0.497 e. The molecule has 1 N–H and O–H groups in total. The van der Waals surface area contributed by atoms with E-state index in [1.54, 1.807) is 30.1 Å². The molecule has 3 aromatic rings. The zero-order chi connectivity index (χ0) is 17.8. The van der Waals surface area contributed by atoms with E-state index >= 15 is 0 Å². The summed E-state index contributed by atoms with van der Waals surface area (Å²) in [5.74, 6) is 0.377. The standard InChI is InChI=1S/C19H20N4O2/c1-13-17(12-23(2)22-13)15-6-4-14(5-7-15)11-21-19(24)18-10-16(25-3)8-9-20-18/h4-10,12H,11H2,1-3H3,(H,21,24). The van der Waals surface area contributed by atoms with E-state index in [1.807, 2.05) is 44.4 Å². The van der Waals surface area contributed by atoms with Crippen LogP contribution in [0.25, 0.3) is 11.1 Å². The predicted octanol–water partition coefficient (Wildman–Crippen LogP) is 2.73. The van der Waals surface area contributed by atoms with Gasteiger partial charge in [0.25, 0.3) is 5.91 Å². The minimum atomic E-state index is -0.230. The molecule has 0 saturated heterocycles. The topological polar surface area (TPSA) is 69.0 Å². The highest BCUT2D eigenvalue weighted by Gasteiger charge is 2.09. The number of rotatable bonds is 5. The van der Waals surface area contributed by atoms with Crippen LogP contribution in [0, 0.1) is 6.92 Å². The van der Waals surface area contributed by atoms with Crippen LogP contribution >= 0.6 is 0 Å². The molecule has 0 unspecified atom stereocenters. The van der Waals surface area contributed by atoms with E-state index in [0.29, 0.717) is 18.0 Å². The molecule has 2 aromatic heterocycles. The van der Waals surface area contributed by atoms with E-state index < -0.39 is 0 Å². The predicted molar refractivity (Wildman–Crippen MR) is 95.3 cm³/mol. The van der Waals surface area contributed by atoms with E-state index in [-0.39, 0.29) is 5.91 Å². The van der Waals surface area contributed by atoms with Gasteiger partial charge in [-0.05, 0) is 24.1 Å². The van der Waals surface area contributed by atoms with Crippen molar-refractivity contribution < 1.29 is 9.53 Å². The van der Waals surface area contributed by atoms with Gasteiger partial charge >= 0.3 is 0 Å². The van der Waals surface area contributed by atoms with Gasteiger partial charge in [-0.15, -0.1) is 0 Å². The van der Waals surface area contributed by atoms with Gasteiger partial charge in [0, 0.05) is 37.6 Å². The molecule has 6 nitrogen and oxygen atoms in total. The lowest BCUT2D eigenvalue weighted by atomic mass is 10.0. The third kappa shape index (κ3) is 3.85. The van der Waals surface area contributed by atoms with Crippen LogP contribution in [0.4, 0.5) is 0 Å². The Bertz CT molecular complexity index is 885. The second-order valence-electron chi connectivity index (χ2n) is 5.76. The fraction of sp³-hybridized carbons (Fsp3) is 0.211. The maximum atomic E-state index is 12.2. The molecule has 0 saturated carbocycles. The molecule has 0 aliphatic carbocycles. The third-order valence-corrected chi connectivity index (χ3v) is 3.93. The molecule has 0 bridgehead atoms. The molecule has 1 aromatic carbocycles. The molecule has 3 rings (SSSR count). The average Bonchev–Trinajstić information content (AvgIpc) is 2.98. The molecule has 0 aliphatic heterocycles. The van der Waals surface area contributed by atoms with Crippen LogP contribution in [0.15, 0.2) is 48.8 Å². The highest BCUT2D eigenvalue weighted by molar-refractivity contribution is 5.92. The first-order valence-electron chi connectivity index (χ1n) is 7.94. The highest BCUT2D eigenvalue weighted by atomic mass is 16.5. The molecule has 2 heterocycles. The van der Waals surface area contributed by atoms with Gasteiger partial charge in [0.1, 0.15) is 11.4 Å². The number of hydrogen-bond acceptors (Lipinski definition) is 4. The number of methoxy groups -OCH3 is 1. The molecule has 1 amide bonds. The minimum Gasteiger partial charge on any atom is -0.497 e. The van der Waals surface area contributed by atoms with Crippen molar-refractivity contribution in [2.45, 2.75) is 13.5 Å². The summed E-state index contributed by atoms with van der Waals surface area (Å²) in [7, 11) is 3.47. The first-order valence-corrected chi connectivity index (χ1v) is 7.94. The van der Waals surface area contributed by atoms with Gasteiger partial charge in [-0.25, -0.2) is 0 Å². The summed E-state index contributed by atoms with van der Waals surface area (Å²) in [6, 6.07) is 11.4. The highest BCUT2D eigenvalue weighted by Crippen LogP contribution is 2.22. The first kappa shape index (κ1) is 16.7. The summed E-state index contributed by atoms with van der Waals surface area (Å²) in [4.78, 5) is 16.2. The summed E-state index contributed by atoms with van der Waals surface area (Å²) < 4.78 is 6.91. The van der Waals surface area contributed by atoms with Gasteiger partial charge in [-0.3, -0.25) is 14.5 Å². The molecule has 6 heteroatoms. The van der Waals surface area contributed by atoms with Crippen molar-refractivity contribution in [3.05, 3.63) is 65.7 Å². The minimum absolute atomic E-state index is 0.230. The molecule has 0 fully saturated rings. The van der Waals surface area contributed by atoms with Crippen LogP contribution in [-0.2, 0) is 13.6 Å². The number of aryl methyl sites for hydroxylation is 2. The fourth-order valence-electron chi connectivity index (χ4n) is 2.62. The lowest BCUT2D eigenvalue weighted by Gasteiger charge is -2.07. The number of pyridine rings is 1. The van der Waals surface area contributed by atoms with E-state index in [4.69, 9.17) is 4.74 Å². The van der Waals surface area contributed by atoms with Gasteiger partial charge in [-0.2, -0.15) is 5.10 Å². The average molecular weight is 336 g/mol. The van der Waals surface area contributed by atoms with Gasteiger partial charge < -0.3 is 10.1 Å². The van der Waals surface area contributed by atoms with Crippen LogP contribution < -0.4 is 10.1 Å². The second kappa shape index (κ2) is 7.17. The number of benzene rings is 1. The van der Waals surface area contributed by atoms with Gasteiger partial charge in [0.05, 0.1) is 12.8 Å². The van der Waals surface area contributed by atoms with Crippen LogP contribution in [0.2, 0.25) is 0 Å². The van der Waals surface area contributed by atoms with E-state index in [9.17, 15) is 4.79 Å². The summed E-state index contributed by atoms with van der Waals surface area (Å²) in [6.45, 7) is 2.43. The zero-order valence-electron chi connectivity index (χ0n) is 14.5. The van der Waals surface area contributed by atoms with Crippen molar-refractivity contribution >= 4 is 5.91 Å². The Morgan fingerprint density at radius 3 is 2.64 bits per heavy atom. The first-order chi connectivity index (χ1) is 12.1. The Kier molecular flexibility index (Phi) is 4.79. The van der Waals surface area contributed by atoms with Crippen molar-refractivity contribution in [3.63, 3.8) is 0 Å². The lowest BCUT2D eigenvalue weighted by Crippen LogP contribution is -2.23. The summed E-state index contributed by atoms with van der Waals surface area (Å²) in [5.41, 5.74) is 4.56. The van der Waals surface area contributed by atoms with E-state index in [1.165, 1.54) is 0 Å². The Labute approximate surface area is 146 Å². The maximum absolute atomic E-state index is 12.2. The summed E-state index contributed by atoms with van der Waals surface area (Å²) in [5, 5.41) is 7.23. The molecule has 0 aliphatic rings. The van der Waals surface area contributed by atoms with Gasteiger partial charge in [-0.1, -0.05) is 24.3 Å². The van der Waals surface area contributed by atoms with Crippen molar-refractivity contribution in [2.24, 2.45) is 7.05 Å². The lowest BCUT2D eigenvalue weighted by molar-refractivity contribution is 0.0945. The van der Waals surface area contributed by atoms with Gasteiger partial charge in [0.2, 0.25) is 0 Å². The van der Waals surface area contributed by atoms with Crippen LogP contribution in [0.5, 0.6) is 5.75 Å². The normalized spacial score (nSPS) is 10.5. The van der Waals surface area contributed by atoms with Gasteiger partial charge in [0.15, 0.2) is 0 Å². The van der Waals surface area contributed by atoms with E-state index in [0.717, 1.165) is 22.4 Å². The number of carbonyl (C=O) groups excluding carboxylic acids is 1. The number of nitrogens with zero attached hydrogens (tertiary/aromatic N) is 3. The molecule has 0 spiro atoms. The Morgan fingerprint density at radius 1 is 1.24 bits per heavy atom. The molecule has 0 radical (unpaired) electrons. The quantitative estimate of drug-likeness (QED) is 0.778. The van der Waals surface area contributed by atoms with E-state index in [2.05, 4.69) is 15.4 Å². The maximum Gasteiger partial charge on any atom is 0.270 e. The molecule has 25 heavy (non-hydrogen) atoms. The van der Waals surface area contributed by atoms with Crippen LogP contribution in [-0.4, -0.2) is 27.8 Å². The summed E-state index contributed by atoms with van der Waals surface area (Å²) >= 11 is 0. The zero-order valence-corrected chi connectivity index (χ0v) is 14.5. The Morgan fingerprint density at radius 2 is 2.00 bits per heavy atom. The van der Waals surface area contributed by atoms with Crippen molar-refractivity contribution in [2.75, 3.05) is 7.11 Å². The third-order valence-electron chi connectivity index (χ3n) is 3.93. The molecule has 0 atom stereocenters. The Hall–Kier alpha value is -3.15. The number of aromatic nitrogens is 3. The monoisotopic (exact) mass is 336 g/mol. The van der Waals surface area contributed by atoms with Crippen LogP contribution in [0.1, 0.15) is 21.7 Å². The molecule has 128 valence electrons. The van der Waals surface area contributed by atoms with Crippen molar-refractivity contribution in [1.82, 2.24) is 20.1 Å². The fourth-order valence-corrected chi connectivity index (χ4v) is 2.62. The smallest absolute Gasteiger partial charge is 0.270 e. The molecular weight excluding hydrogens is 316 g/mol. The molecular formula is C19H20N4O2. The number of carbonyl (C=O) groups is 1. The Balaban J connectivity index is 1.65. The second-order valence-corrected chi connectivity index (χ2v) is 5.76. The number of amides is 1. The van der Waals surface area contributed by atoms with Crippen LogP contribution in [0.3, 0.4) is 0 Å². The number of nitrogens with one attached hydrogen (secondary N) is 1. The SMILES string of the molecule is COc1ccnc(C(=O)NCc2ccc(-c3cn(C)nc3C)cc2)c1. The van der Waals surface area contributed by atoms with Crippen molar-refractivity contribution in [1.29, 1.82) is 0 Å². The number of hydrogen-bond donors (Lipinski definition) is 1.